The molecule has 1 N–H and O–H groups in total. The molecular formula is C20H15BrN2O4S. The van der Waals surface area contributed by atoms with Crippen molar-refractivity contribution in [2.24, 2.45) is 0 Å². The van der Waals surface area contributed by atoms with Gasteiger partial charge in [-0.25, -0.2) is 0 Å². The van der Waals surface area contributed by atoms with Crippen LogP contribution < -0.4 is 10.1 Å². The Kier molecular flexibility index (Phi) is 5.31. The number of benzene rings is 1. The summed E-state index contributed by atoms with van der Waals surface area (Å²) in [6.45, 7) is 0.550. The van der Waals surface area contributed by atoms with Crippen molar-refractivity contribution >= 4 is 45.2 Å². The van der Waals surface area contributed by atoms with Gasteiger partial charge in [0.05, 0.1) is 17.3 Å². The van der Waals surface area contributed by atoms with E-state index in [9.17, 15) is 4.79 Å². The van der Waals surface area contributed by atoms with Crippen LogP contribution in [0.5, 0.6) is 5.75 Å². The van der Waals surface area contributed by atoms with E-state index < -0.39 is 0 Å². The fraction of sp³-hybridized carbons (Fsp3) is 0.100. The molecule has 0 atom stereocenters. The highest BCUT2D eigenvalue weighted by molar-refractivity contribution is 9.10. The predicted molar refractivity (Wildman–Crippen MR) is 110 cm³/mol. The molecule has 1 saturated heterocycles. The van der Waals surface area contributed by atoms with Gasteiger partial charge in [-0.3, -0.25) is 9.69 Å². The first-order chi connectivity index (χ1) is 13.6. The number of nitrogens with one attached hydrogen (secondary N) is 1. The van der Waals surface area contributed by atoms with Gasteiger partial charge in [-0.2, -0.15) is 0 Å². The van der Waals surface area contributed by atoms with Gasteiger partial charge in [0, 0.05) is 6.08 Å². The summed E-state index contributed by atoms with van der Waals surface area (Å²) in [7, 11) is 0. The first-order valence-corrected chi connectivity index (χ1v) is 9.63. The van der Waals surface area contributed by atoms with Crippen LogP contribution in [0.3, 0.4) is 0 Å². The molecule has 28 heavy (non-hydrogen) atoms. The van der Waals surface area contributed by atoms with Gasteiger partial charge in [0.25, 0.3) is 5.91 Å². The number of carbonyl (C=O) groups excluding carboxylic acids is 1. The summed E-state index contributed by atoms with van der Waals surface area (Å²) in [5, 5.41) is 3.25. The number of carbonyl (C=O) groups is 1. The van der Waals surface area contributed by atoms with Crippen molar-refractivity contribution < 1.29 is 18.4 Å². The Bertz CT molecular complexity index is 1040. The van der Waals surface area contributed by atoms with Crippen LogP contribution in [0.4, 0.5) is 0 Å². The zero-order valence-electron chi connectivity index (χ0n) is 14.6. The molecule has 1 aromatic carbocycles. The van der Waals surface area contributed by atoms with E-state index in [-0.39, 0.29) is 19.1 Å². The summed E-state index contributed by atoms with van der Waals surface area (Å²) in [5.41, 5.74) is 0.351. The topological polar surface area (TPSA) is 67.8 Å². The molecule has 0 bridgehead atoms. The molecular weight excluding hydrogens is 444 g/mol. The second kappa shape index (κ2) is 8.04. The van der Waals surface area contributed by atoms with Crippen LogP contribution in [0.2, 0.25) is 0 Å². The van der Waals surface area contributed by atoms with Crippen molar-refractivity contribution in [2.75, 3.05) is 0 Å². The molecule has 1 amide bonds. The number of nitrogens with zero attached hydrogens (tertiary/aromatic N) is 1. The average molecular weight is 459 g/mol. The normalized spacial score (nSPS) is 15.3. The van der Waals surface area contributed by atoms with E-state index in [0.29, 0.717) is 28.1 Å². The number of amides is 1. The van der Waals surface area contributed by atoms with Crippen molar-refractivity contribution in [3.63, 3.8) is 0 Å². The van der Waals surface area contributed by atoms with Crippen LogP contribution >= 0.6 is 28.1 Å². The van der Waals surface area contributed by atoms with Crippen molar-refractivity contribution in [2.45, 2.75) is 13.2 Å². The lowest BCUT2D eigenvalue weighted by atomic mass is 10.3. The molecule has 0 aliphatic carbocycles. The third kappa shape index (κ3) is 4.02. The molecule has 1 aliphatic rings. The van der Waals surface area contributed by atoms with E-state index in [1.807, 2.05) is 30.3 Å². The number of furan rings is 2. The van der Waals surface area contributed by atoms with E-state index in [1.165, 1.54) is 4.90 Å². The van der Waals surface area contributed by atoms with Gasteiger partial charge in [0.15, 0.2) is 5.11 Å². The van der Waals surface area contributed by atoms with E-state index in [2.05, 4.69) is 21.2 Å². The molecule has 0 radical (unpaired) electrons. The third-order valence-electron chi connectivity index (χ3n) is 4.03. The second-order valence-electron chi connectivity index (χ2n) is 5.98. The Labute approximate surface area is 174 Å². The molecule has 0 unspecified atom stereocenters. The van der Waals surface area contributed by atoms with Gasteiger partial charge in [-0.05, 0) is 64.5 Å². The zero-order valence-corrected chi connectivity index (χ0v) is 17.0. The average Bonchev–Trinajstić information content (AvgIpc) is 3.41. The van der Waals surface area contributed by atoms with Gasteiger partial charge >= 0.3 is 0 Å². The Morgan fingerprint density at radius 3 is 2.79 bits per heavy atom. The number of ether oxygens (including phenoxy) is 1. The fourth-order valence-corrected chi connectivity index (χ4v) is 3.33. The highest BCUT2D eigenvalue weighted by atomic mass is 79.9. The molecule has 8 heteroatoms. The lowest BCUT2D eigenvalue weighted by molar-refractivity contribution is -0.122. The summed E-state index contributed by atoms with van der Waals surface area (Å²) in [5.74, 6) is 2.32. The van der Waals surface area contributed by atoms with Crippen molar-refractivity contribution in [1.29, 1.82) is 0 Å². The molecule has 2 aromatic heterocycles. The molecule has 1 aliphatic heterocycles. The summed E-state index contributed by atoms with van der Waals surface area (Å²) >= 11 is 8.69. The minimum absolute atomic E-state index is 0.233. The number of hydrogen-bond donors (Lipinski definition) is 1. The smallest absolute Gasteiger partial charge is 0.277 e. The predicted octanol–water partition coefficient (Wildman–Crippen LogP) is 4.47. The van der Waals surface area contributed by atoms with Gasteiger partial charge in [-0.15, -0.1) is 0 Å². The molecule has 1 fully saturated rings. The second-order valence-corrected chi connectivity index (χ2v) is 7.22. The molecule has 3 aromatic rings. The quantitative estimate of drug-likeness (QED) is 0.434. The highest BCUT2D eigenvalue weighted by Crippen LogP contribution is 2.25. The van der Waals surface area contributed by atoms with Crippen molar-refractivity contribution in [3.05, 3.63) is 82.2 Å². The number of thiocarbonyl (C=S) groups is 1. The lowest BCUT2D eigenvalue weighted by Gasteiger charge is -2.11. The molecule has 6 nitrogen and oxygen atoms in total. The maximum Gasteiger partial charge on any atom is 0.277 e. The van der Waals surface area contributed by atoms with Crippen LogP contribution in [0.25, 0.3) is 6.08 Å². The summed E-state index contributed by atoms with van der Waals surface area (Å²) in [6, 6.07) is 14.7. The van der Waals surface area contributed by atoms with Gasteiger partial charge in [0.1, 0.15) is 35.3 Å². The maximum absolute atomic E-state index is 12.6. The Hall–Kier alpha value is -2.84. The van der Waals surface area contributed by atoms with Crippen LogP contribution in [0.15, 0.2) is 73.8 Å². The minimum Gasteiger partial charge on any atom is -0.484 e. The van der Waals surface area contributed by atoms with Gasteiger partial charge in [0.2, 0.25) is 0 Å². The van der Waals surface area contributed by atoms with Gasteiger partial charge in [-0.1, -0.05) is 12.1 Å². The summed E-state index contributed by atoms with van der Waals surface area (Å²) in [4.78, 5) is 14.0. The fourth-order valence-electron chi connectivity index (χ4n) is 2.68. The summed E-state index contributed by atoms with van der Waals surface area (Å²) < 4.78 is 17.6. The third-order valence-corrected chi connectivity index (χ3v) is 5.01. The van der Waals surface area contributed by atoms with E-state index in [1.54, 1.807) is 30.5 Å². The number of hydrogen-bond acceptors (Lipinski definition) is 5. The summed E-state index contributed by atoms with van der Waals surface area (Å²) in [6.07, 6.45) is 3.18. The van der Waals surface area contributed by atoms with E-state index in [0.717, 1.165) is 10.2 Å². The van der Waals surface area contributed by atoms with Crippen LogP contribution in [0.1, 0.15) is 17.3 Å². The standard InChI is InChI=1S/C20H15BrN2O4S/c21-16-5-1-2-6-18(16)26-12-15-8-7-13(27-15)10-17-19(24)23(20(28)22-17)11-14-4-3-9-25-14/h1-10H,11-12H2,(H,22,28)/b17-10+. The van der Waals surface area contributed by atoms with Crippen LogP contribution in [0, 0.1) is 0 Å². The molecule has 0 spiro atoms. The largest absolute Gasteiger partial charge is 0.484 e. The number of halogens is 1. The van der Waals surface area contributed by atoms with Crippen molar-refractivity contribution in [1.82, 2.24) is 10.2 Å². The molecule has 4 rings (SSSR count). The lowest BCUT2D eigenvalue weighted by Crippen LogP contribution is -2.29. The molecule has 3 heterocycles. The first-order valence-electron chi connectivity index (χ1n) is 8.43. The Morgan fingerprint density at radius 2 is 2.00 bits per heavy atom. The highest BCUT2D eigenvalue weighted by Gasteiger charge is 2.31. The Balaban J connectivity index is 1.42. The van der Waals surface area contributed by atoms with Crippen molar-refractivity contribution in [3.8, 4) is 5.75 Å². The van der Waals surface area contributed by atoms with Crippen LogP contribution in [-0.2, 0) is 17.9 Å². The number of para-hydroxylation sites is 1. The number of rotatable bonds is 6. The maximum atomic E-state index is 12.6. The van der Waals surface area contributed by atoms with Gasteiger partial charge < -0.3 is 18.9 Å². The molecule has 0 saturated carbocycles. The first kappa shape index (κ1) is 18.5. The SMILES string of the molecule is O=C1/C(=C\c2ccc(COc3ccccc3Br)o2)NC(=S)N1Cc1ccco1. The zero-order chi connectivity index (χ0) is 19.5. The van der Waals surface area contributed by atoms with E-state index >= 15 is 0 Å². The monoisotopic (exact) mass is 458 g/mol. The molecule has 142 valence electrons. The Morgan fingerprint density at radius 1 is 1.14 bits per heavy atom. The van der Waals surface area contributed by atoms with E-state index in [4.69, 9.17) is 25.8 Å². The van der Waals surface area contributed by atoms with Crippen LogP contribution in [-0.4, -0.2) is 15.9 Å². The minimum atomic E-state index is -0.233.